The van der Waals surface area contributed by atoms with Gasteiger partial charge in [0.25, 0.3) is 0 Å². The highest BCUT2D eigenvalue weighted by Gasteiger charge is 2.08. The van der Waals surface area contributed by atoms with Crippen LogP contribution in [0.2, 0.25) is 0 Å². The van der Waals surface area contributed by atoms with Gasteiger partial charge in [0, 0.05) is 12.6 Å². The van der Waals surface area contributed by atoms with E-state index in [4.69, 9.17) is 10.4 Å². The van der Waals surface area contributed by atoms with E-state index in [1.165, 1.54) is 0 Å². The summed E-state index contributed by atoms with van der Waals surface area (Å²) in [5.41, 5.74) is 1.61. The minimum Gasteiger partial charge on any atom is -0.394 e. The molecule has 0 aromatic heterocycles. The number of hydrogen-bond acceptors (Lipinski definition) is 4. The van der Waals surface area contributed by atoms with Crippen LogP contribution in [-0.2, 0) is 0 Å². The lowest BCUT2D eigenvalue weighted by molar-refractivity contribution is 0.0924. The first-order valence-corrected chi connectivity index (χ1v) is 5.19. The molecular formula is C12H16N2O2. The largest absolute Gasteiger partial charge is 0.394 e. The molecule has 0 amide bonds. The van der Waals surface area contributed by atoms with Crippen molar-refractivity contribution in [2.24, 2.45) is 0 Å². The highest BCUT2D eigenvalue weighted by Crippen LogP contribution is 2.13. The Kier molecular flexibility index (Phi) is 4.93. The summed E-state index contributed by atoms with van der Waals surface area (Å²) in [7, 11) is 0. The summed E-state index contributed by atoms with van der Waals surface area (Å²) in [6, 6.07) is 9.42. The van der Waals surface area contributed by atoms with Crippen LogP contribution in [0.15, 0.2) is 24.3 Å². The molecule has 2 atom stereocenters. The molecule has 1 aromatic carbocycles. The number of nitrogens with zero attached hydrogens (tertiary/aromatic N) is 1. The maximum absolute atomic E-state index is 9.19. The van der Waals surface area contributed by atoms with Crippen LogP contribution in [0.25, 0.3) is 0 Å². The van der Waals surface area contributed by atoms with Gasteiger partial charge in [-0.1, -0.05) is 12.1 Å². The van der Waals surface area contributed by atoms with Crippen molar-refractivity contribution >= 4 is 0 Å². The Morgan fingerprint density at radius 1 is 1.50 bits per heavy atom. The molecule has 0 aliphatic carbocycles. The minimum absolute atomic E-state index is 0.0366. The summed E-state index contributed by atoms with van der Waals surface area (Å²) >= 11 is 0. The summed E-state index contributed by atoms with van der Waals surface area (Å²) in [4.78, 5) is 0. The van der Waals surface area contributed by atoms with E-state index in [9.17, 15) is 5.11 Å². The van der Waals surface area contributed by atoms with Gasteiger partial charge in [0.05, 0.1) is 24.3 Å². The van der Waals surface area contributed by atoms with Gasteiger partial charge in [-0.15, -0.1) is 0 Å². The van der Waals surface area contributed by atoms with E-state index >= 15 is 0 Å². The van der Waals surface area contributed by atoms with Crippen LogP contribution < -0.4 is 5.32 Å². The molecule has 0 radical (unpaired) electrons. The van der Waals surface area contributed by atoms with Crippen LogP contribution in [0, 0.1) is 11.3 Å². The molecule has 16 heavy (non-hydrogen) atoms. The molecule has 1 aromatic rings. The molecule has 0 spiro atoms. The van der Waals surface area contributed by atoms with Crippen LogP contribution in [-0.4, -0.2) is 29.5 Å². The van der Waals surface area contributed by atoms with Crippen molar-refractivity contribution in [3.63, 3.8) is 0 Å². The lowest BCUT2D eigenvalue weighted by Crippen LogP contribution is -2.31. The molecule has 0 saturated heterocycles. The van der Waals surface area contributed by atoms with Crippen LogP contribution >= 0.6 is 0 Å². The summed E-state index contributed by atoms with van der Waals surface area (Å²) in [6.45, 7) is 2.02. The standard InChI is InChI=1S/C12H16N2O2/c1-9(14-7-12(16)8-15)11-4-2-3-10(5-11)6-13/h2-5,9,12,14-16H,7-8H2,1H3. The normalized spacial score (nSPS) is 14.1. The molecule has 4 heteroatoms. The molecule has 2 unspecified atom stereocenters. The monoisotopic (exact) mass is 220 g/mol. The molecule has 0 fully saturated rings. The fraction of sp³-hybridized carbons (Fsp3) is 0.417. The summed E-state index contributed by atoms with van der Waals surface area (Å²) in [5, 5.41) is 29.7. The van der Waals surface area contributed by atoms with Crippen LogP contribution in [0.5, 0.6) is 0 Å². The Morgan fingerprint density at radius 3 is 2.88 bits per heavy atom. The first-order valence-electron chi connectivity index (χ1n) is 5.19. The Balaban J connectivity index is 2.59. The lowest BCUT2D eigenvalue weighted by Gasteiger charge is -2.16. The van der Waals surface area contributed by atoms with E-state index in [-0.39, 0.29) is 12.6 Å². The molecule has 0 aliphatic rings. The molecule has 3 N–H and O–H groups in total. The fourth-order valence-corrected chi connectivity index (χ4v) is 1.37. The number of aliphatic hydroxyl groups is 2. The minimum atomic E-state index is -0.749. The quantitative estimate of drug-likeness (QED) is 0.677. The van der Waals surface area contributed by atoms with Crippen molar-refractivity contribution < 1.29 is 10.2 Å². The van der Waals surface area contributed by atoms with Crippen LogP contribution in [0.1, 0.15) is 24.1 Å². The molecular weight excluding hydrogens is 204 g/mol. The van der Waals surface area contributed by atoms with Gasteiger partial charge < -0.3 is 15.5 Å². The Bertz CT molecular complexity index is 374. The summed E-state index contributed by atoms with van der Waals surface area (Å²) in [5.74, 6) is 0. The zero-order valence-corrected chi connectivity index (χ0v) is 9.22. The van der Waals surface area contributed by atoms with Gasteiger partial charge in [-0.2, -0.15) is 5.26 Å². The van der Waals surface area contributed by atoms with Gasteiger partial charge in [0.2, 0.25) is 0 Å². The predicted octanol–water partition coefficient (Wildman–Crippen LogP) is 0.562. The van der Waals surface area contributed by atoms with Crippen molar-refractivity contribution in [1.29, 1.82) is 5.26 Å². The maximum atomic E-state index is 9.19. The topological polar surface area (TPSA) is 76.3 Å². The fourth-order valence-electron chi connectivity index (χ4n) is 1.37. The van der Waals surface area contributed by atoms with Crippen molar-refractivity contribution in [1.82, 2.24) is 5.32 Å². The number of benzene rings is 1. The van der Waals surface area contributed by atoms with Gasteiger partial charge in [-0.05, 0) is 24.6 Å². The third-order valence-electron chi connectivity index (χ3n) is 2.39. The molecule has 0 saturated carbocycles. The zero-order chi connectivity index (χ0) is 12.0. The Morgan fingerprint density at radius 2 is 2.25 bits per heavy atom. The summed E-state index contributed by atoms with van der Waals surface area (Å²) in [6.07, 6.45) is -0.749. The zero-order valence-electron chi connectivity index (χ0n) is 9.22. The first kappa shape index (κ1) is 12.7. The second kappa shape index (κ2) is 6.23. The van der Waals surface area contributed by atoms with Crippen LogP contribution in [0.3, 0.4) is 0 Å². The first-order chi connectivity index (χ1) is 7.67. The molecule has 0 heterocycles. The highest BCUT2D eigenvalue weighted by atomic mass is 16.3. The predicted molar refractivity (Wildman–Crippen MR) is 60.7 cm³/mol. The smallest absolute Gasteiger partial charge is 0.0991 e. The van der Waals surface area contributed by atoms with Gasteiger partial charge in [-0.3, -0.25) is 0 Å². The van der Waals surface area contributed by atoms with Crippen molar-refractivity contribution in [2.75, 3.05) is 13.2 Å². The molecule has 1 rings (SSSR count). The maximum Gasteiger partial charge on any atom is 0.0991 e. The molecule has 86 valence electrons. The third-order valence-corrected chi connectivity index (χ3v) is 2.39. The lowest BCUT2D eigenvalue weighted by atomic mass is 10.1. The van der Waals surface area contributed by atoms with E-state index in [0.717, 1.165) is 5.56 Å². The van der Waals surface area contributed by atoms with Crippen molar-refractivity contribution in [3.05, 3.63) is 35.4 Å². The van der Waals surface area contributed by atoms with Crippen molar-refractivity contribution in [2.45, 2.75) is 19.1 Å². The Hall–Kier alpha value is -1.41. The number of rotatable bonds is 5. The van der Waals surface area contributed by atoms with Gasteiger partial charge in [0.1, 0.15) is 0 Å². The SMILES string of the molecule is CC(NCC(O)CO)c1cccc(C#N)c1. The van der Waals surface area contributed by atoms with Gasteiger partial charge in [-0.25, -0.2) is 0 Å². The van der Waals surface area contributed by atoms with Gasteiger partial charge in [0.15, 0.2) is 0 Å². The third kappa shape index (κ3) is 3.63. The Labute approximate surface area is 95.2 Å². The van der Waals surface area contributed by atoms with E-state index < -0.39 is 6.10 Å². The van der Waals surface area contributed by atoms with Gasteiger partial charge >= 0.3 is 0 Å². The number of aliphatic hydroxyl groups excluding tert-OH is 2. The second-order valence-corrected chi connectivity index (χ2v) is 3.70. The molecule has 4 nitrogen and oxygen atoms in total. The summed E-state index contributed by atoms with van der Waals surface area (Å²) < 4.78 is 0. The average Bonchev–Trinajstić information content (AvgIpc) is 2.35. The van der Waals surface area contributed by atoms with Crippen LogP contribution in [0.4, 0.5) is 0 Å². The average molecular weight is 220 g/mol. The van der Waals surface area contributed by atoms with Crippen molar-refractivity contribution in [3.8, 4) is 6.07 Å². The second-order valence-electron chi connectivity index (χ2n) is 3.70. The molecule has 0 bridgehead atoms. The number of hydrogen-bond donors (Lipinski definition) is 3. The van der Waals surface area contributed by atoms with E-state index in [0.29, 0.717) is 12.1 Å². The van der Waals surface area contributed by atoms with E-state index in [1.807, 2.05) is 25.1 Å². The molecule has 0 aliphatic heterocycles. The number of nitrogens with one attached hydrogen (secondary N) is 1. The van der Waals surface area contributed by atoms with E-state index in [1.54, 1.807) is 6.07 Å². The number of nitriles is 1. The van der Waals surface area contributed by atoms with E-state index in [2.05, 4.69) is 11.4 Å². The highest BCUT2D eigenvalue weighted by molar-refractivity contribution is 5.33.